The predicted octanol–water partition coefficient (Wildman–Crippen LogP) is 2.14. The minimum atomic E-state index is -0.0680. The molecule has 1 rings (SSSR count). The van der Waals surface area contributed by atoms with Gasteiger partial charge in [0.05, 0.1) is 5.69 Å². The van der Waals surface area contributed by atoms with Gasteiger partial charge in [0.1, 0.15) is 5.76 Å². The largest absolute Gasteiger partial charge is 0.396 e. The number of hydrogen-bond donors (Lipinski definition) is 2. The second kappa shape index (κ2) is 7.43. The van der Waals surface area contributed by atoms with Gasteiger partial charge in [0.15, 0.2) is 0 Å². The number of carbonyl (C=O) groups is 1. The lowest BCUT2D eigenvalue weighted by Gasteiger charge is -2.21. The highest BCUT2D eigenvalue weighted by molar-refractivity contribution is 5.76. The first-order valence-electron chi connectivity index (χ1n) is 7.15. The molecule has 0 atom stereocenters. The van der Waals surface area contributed by atoms with Crippen molar-refractivity contribution in [1.82, 2.24) is 10.5 Å². The van der Waals surface area contributed by atoms with Gasteiger partial charge in [-0.1, -0.05) is 19.0 Å². The summed E-state index contributed by atoms with van der Waals surface area (Å²) in [4.78, 5) is 11.7. The lowest BCUT2D eigenvalue weighted by molar-refractivity contribution is -0.121. The van der Waals surface area contributed by atoms with Gasteiger partial charge in [0.25, 0.3) is 0 Å². The van der Waals surface area contributed by atoms with Crippen molar-refractivity contribution in [1.29, 1.82) is 0 Å². The molecule has 0 aliphatic heterocycles. The molecule has 0 saturated carbocycles. The second-order valence-electron chi connectivity index (χ2n) is 6.08. The Bertz CT molecular complexity index is 419. The zero-order valence-electron chi connectivity index (χ0n) is 13.0. The number of amides is 1. The average Bonchev–Trinajstić information content (AvgIpc) is 2.72. The third-order valence-corrected chi connectivity index (χ3v) is 3.56. The average molecular weight is 282 g/mol. The molecule has 1 amide bonds. The monoisotopic (exact) mass is 282 g/mol. The number of aromatic nitrogens is 1. The van der Waals surface area contributed by atoms with Crippen LogP contribution in [0.2, 0.25) is 0 Å². The van der Waals surface area contributed by atoms with E-state index in [1.54, 1.807) is 0 Å². The van der Waals surface area contributed by atoms with Crippen LogP contribution in [0.4, 0.5) is 0 Å². The predicted molar refractivity (Wildman–Crippen MR) is 77.4 cm³/mol. The van der Waals surface area contributed by atoms with Gasteiger partial charge < -0.3 is 14.9 Å². The summed E-state index contributed by atoms with van der Waals surface area (Å²) in [6.07, 6.45) is 2.89. The summed E-state index contributed by atoms with van der Waals surface area (Å²) in [6.45, 7) is 8.63. The molecule has 0 aromatic carbocycles. The Hall–Kier alpha value is -1.36. The summed E-state index contributed by atoms with van der Waals surface area (Å²) in [5, 5.41) is 15.9. The van der Waals surface area contributed by atoms with E-state index in [0.717, 1.165) is 29.9 Å². The summed E-state index contributed by atoms with van der Waals surface area (Å²) < 4.78 is 5.07. The van der Waals surface area contributed by atoms with Gasteiger partial charge in [0, 0.05) is 25.1 Å². The van der Waals surface area contributed by atoms with E-state index in [1.807, 2.05) is 27.7 Å². The van der Waals surface area contributed by atoms with Crippen LogP contribution in [-0.4, -0.2) is 29.3 Å². The molecule has 0 fully saturated rings. The normalized spacial score (nSPS) is 11.7. The fourth-order valence-corrected chi connectivity index (χ4v) is 2.06. The lowest BCUT2D eigenvalue weighted by atomic mass is 9.89. The van der Waals surface area contributed by atoms with Gasteiger partial charge in [-0.2, -0.15) is 0 Å². The number of aliphatic hydroxyl groups excluding tert-OH is 1. The van der Waals surface area contributed by atoms with Gasteiger partial charge in [0.2, 0.25) is 5.91 Å². The van der Waals surface area contributed by atoms with Crippen LogP contribution >= 0.6 is 0 Å². The van der Waals surface area contributed by atoms with E-state index in [-0.39, 0.29) is 17.9 Å². The first-order valence-corrected chi connectivity index (χ1v) is 7.15. The summed E-state index contributed by atoms with van der Waals surface area (Å²) in [5.74, 6) is 0.840. The van der Waals surface area contributed by atoms with E-state index in [1.165, 1.54) is 0 Å². The summed E-state index contributed by atoms with van der Waals surface area (Å²) in [6, 6.07) is 0. The van der Waals surface area contributed by atoms with Gasteiger partial charge in [-0.15, -0.1) is 0 Å². The molecule has 0 aliphatic rings. The Morgan fingerprint density at radius 2 is 2.10 bits per heavy atom. The van der Waals surface area contributed by atoms with E-state index < -0.39 is 0 Å². The minimum Gasteiger partial charge on any atom is -0.396 e. The lowest BCUT2D eigenvalue weighted by Crippen LogP contribution is -2.26. The van der Waals surface area contributed by atoms with Crippen LogP contribution in [-0.2, 0) is 11.2 Å². The molecular formula is C15H26N2O3. The Morgan fingerprint density at radius 3 is 2.65 bits per heavy atom. The Morgan fingerprint density at radius 1 is 1.40 bits per heavy atom. The SMILES string of the molecule is Cc1noc(C)c1CCC(=O)NCCCC(C)(C)CO. The van der Waals surface area contributed by atoms with Gasteiger partial charge in [-0.3, -0.25) is 4.79 Å². The zero-order valence-corrected chi connectivity index (χ0v) is 13.0. The van der Waals surface area contributed by atoms with E-state index in [9.17, 15) is 4.79 Å². The van der Waals surface area contributed by atoms with Crippen molar-refractivity contribution in [2.45, 2.75) is 53.4 Å². The maximum Gasteiger partial charge on any atom is 0.220 e. The smallest absolute Gasteiger partial charge is 0.220 e. The van der Waals surface area contributed by atoms with Gasteiger partial charge in [-0.05, 0) is 38.5 Å². The Balaban J connectivity index is 2.22. The molecule has 20 heavy (non-hydrogen) atoms. The first kappa shape index (κ1) is 16.7. The molecule has 0 saturated heterocycles. The fraction of sp³-hybridized carbons (Fsp3) is 0.733. The molecule has 0 spiro atoms. The van der Waals surface area contributed by atoms with Crippen molar-refractivity contribution in [3.05, 3.63) is 17.0 Å². The van der Waals surface area contributed by atoms with Crippen LogP contribution in [0.5, 0.6) is 0 Å². The van der Waals surface area contributed by atoms with Crippen molar-refractivity contribution >= 4 is 5.91 Å². The van der Waals surface area contributed by atoms with Crippen LogP contribution in [0, 0.1) is 19.3 Å². The topological polar surface area (TPSA) is 75.4 Å². The van der Waals surface area contributed by atoms with Crippen molar-refractivity contribution in [2.75, 3.05) is 13.2 Å². The highest BCUT2D eigenvalue weighted by Gasteiger charge is 2.16. The number of nitrogens with zero attached hydrogens (tertiary/aromatic N) is 1. The van der Waals surface area contributed by atoms with Crippen LogP contribution in [0.3, 0.4) is 0 Å². The van der Waals surface area contributed by atoms with Crippen LogP contribution in [0.25, 0.3) is 0 Å². The van der Waals surface area contributed by atoms with E-state index in [4.69, 9.17) is 9.63 Å². The van der Waals surface area contributed by atoms with E-state index in [0.29, 0.717) is 19.4 Å². The third kappa shape index (κ3) is 5.33. The Kier molecular flexibility index (Phi) is 6.20. The number of carbonyl (C=O) groups excluding carboxylic acids is 1. The molecule has 0 radical (unpaired) electrons. The van der Waals surface area contributed by atoms with Crippen molar-refractivity contribution in [3.8, 4) is 0 Å². The number of hydrogen-bond acceptors (Lipinski definition) is 4. The second-order valence-corrected chi connectivity index (χ2v) is 6.08. The van der Waals surface area contributed by atoms with Crippen molar-refractivity contribution < 1.29 is 14.4 Å². The summed E-state index contributed by atoms with van der Waals surface area (Å²) in [5.41, 5.74) is 1.82. The standard InChI is InChI=1S/C15H26N2O3/c1-11-13(12(2)20-17-11)6-7-14(19)16-9-5-8-15(3,4)10-18/h18H,5-10H2,1-4H3,(H,16,19). The van der Waals surface area contributed by atoms with E-state index in [2.05, 4.69) is 10.5 Å². The number of aryl methyl sites for hydroxylation is 2. The highest BCUT2D eigenvalue weighted by Crippen LogP contribution is 2.20. The maximum absolute atomic E-state index is 11.7. The van der Waals surface area contributed by atoms with Crippen LogP contribution in [0.15, 0.2) is 4.52 Å². The van der Waals surface area contributed by atoms with Gasteiger partial charge in [-0.25, -0.2) is 0 Å². The molecule has 0 aliphatic carbocycles. The zero-order chi connectivity index (χ0) is 15.2. The van der Waals surface area contributed by atoms with Crippen molar-refractivity contribution in [3.63, 3.8) is 0 Å². The van der Waals surface area contributed by atoms with Crippen LogP contribution in [0.1, 0.15) is 50.1 Å². The fourth-order valence-electron chi connectivity index (χ4n) is 2.06. The van der Waals surface area contributed by atoms with Gasteiger partial charge >= 0.3 is 0 Å². The number of nitrogens with one attached hydrogen (secondary N) is 1. The highest BCUT2D eigenvalue weighted by atomic mass is 16.5. The van der Waals surface area contributed by atoms with Crippen LogP contribution < -0.4 is 5.32 Å². The Labute approximate surface area is 120 Å². The molecule has 0 unspecified atom stereocenters. The molecule has 2 N–H and O–H groups in total. The molecule has 0 bridgehead atoms. The molecule has 1 aromatic heterocycles. The maximum atomic E-state index is 11.7. The van der Waals surface area contributed by atoms with E-state index >= 15 is 0 Å². The minimum absolute atomic E-state index is 0.0480. The molecule has 5 heteroatoms. The third-order valence-electron chi connectivity index (χ3n) is 3.56. The summed E-state index contributed by atoms with van der Waals surface area (Å²) >= 11 is 0. The molecule has 1 heterocycles. The molecular weight excluding hydrogens is 256 g/mol. The summed E-state index contributed by atoms with van der Waals surface area (Å²) in [7, 11) is 0. The first-order chi connectivity index (χ1) is 9.35. The molecule has 5 nitrogen and oxygen atoms in total. The quantitative estimate of drug-likeness (QED) is 0.716. The molecule has 1 aromatic rings. The van der Waals surface area contributed by atoms with Crippen molar-refractivity contribution in [2.24, 2.45) is 5.41 Å². The number of rotatable bonds is 8. The number of aliphatic hydroxyl groups is 1. The molecule has 114 valence electrons.